The number of quaternary nitrogens is 1. The van der Waals surface area contributed by atoms with E-state index in [0.717, 1.165) is 38.5 Å². The Labute approximate surface area is 315 Å². The molecule has 0 aliphatic heterocycles. The third-order valence-electron chi connectivity index (χ3n) is 9.13. The molecule has 0 aliphatic carbocycles. The molecular formula is C42H82N2O6P+. The first-order chi connectivity index (χ1) is 24.5. The van der Waals surface area contributed by atoms with Crippen LogP contribution in [0, 0.1) is 0 Å². The quantitative estimate of drug-likeness (QED) is 0.0192. The summed E-state index contributed by atoms with van der Waals surface area (Å²) in [6.45, 7) is 4.75. The van der Waals surface area contributed by atoms with E-state index in [1.165, 1.54) is 116 Å². The number of phosphoric acid groups is 1. The molecule has 0 saturated carbocycles. The normalized spacial score (nSPS) is 14.9. The lowest BCUT2D eigenvalue weighted by molar-refractivity contribution is -0.870. The van der Waals surface area contributed by atoms with Crippen molar-refractivity contribution in [1.82, 2.24) is 5.32 Å². The van der Waals surface area contributed by atoms with Gasteiger partial charge in [0.25, 0.3) is 0 Å². The number of aliphatic hydroxyl groups is 1. The molecular weight excluding hydrogens is 659 g/mol. The molecule has 0 heterocycles. The summed E-state index contributed by atoms with van der Waals surface area (Å²) in [5.41, 5.74) is 0. The average molecular weight is 742 g/mol. The summed E-state index contributed by atoms with van der Waals surface area (Å²) in [5, 5.41) is 13.7. The number of amides is 1. The molecule has 1 amide bonds. The molecule has 0 aliphatic rings. The predicted octanol–water partition coefficient (Wildman–Crippen LogP) is 11.1. The van der Waals surface area contributed by atoms with E-state index in [0.29, 0.717) is 17.4 Å². The number of unbranched alkanes of at least 4 members (excludes halogenated alkanes) is 21. The number of likely N-dealkylation sites (N-methyl/N-ethyl adjacent to an activating group) is 1. The van der Waals surface area contributed by atoms with Crippen molar-refractivity contribution in [3.05, 3.63) is 36.5 Å². The number of hydrogen-bond acceptors (Lipinski definition) is 5. The maximum Gasteiger partial charge on any atom is 0.472 e. The Hall–Kier alpha value is -1.28. The molecule has 0 spiro atoms. The Morgan fingerprint density at radius 2 is 1.10 bits per heavy atom. The van der Waals surface area contributed by atoms with E-state index < -0.39 is 20.0 Å². The molecule has 3 unspecified atom stereocenters. The molecule has 0 radical (unpaired) electrons. The monoisotopic (exact) mass is 742 g/mol. The first kappa shape index (κ1) is 49.7. The van der Waals surface area contributed by atoms with E-state index in [1.807, 2.05) is 27.2 Å². The molecule has 0 fully saturated rings. The number of carbonyl (C=O) groups is 1. The Kier molecular flexibility index (Phi) is 33.6. The first-order valence-electron chi connectivity index (χ1n) is 20.9. The Balaban J connectivity index is 4.37. The number of nitrogens with zero attached hydrogens (tertiary/aromatic N) is 1. The lowest BCUT2D eigenvalue weighted by atomic mass is 10.0. The van der Waals surface area contributed by atoms with Crippen LogP contribution in [0.5, 0.6) is 0 Å². The van der Waals surface area contributed by atoms with E-state index >= 15 is 0 Å². The third-order valence-corrected chi connectivity index (χ3v) is 10.1. The van der Waals surface area contributed by atoms with Gasteiger partial charge < -0.3 is 19.8 Å². The van der Waals surface area contributed by atoms with Crippen molar-refractivity contribution in [1.29, 1.82) is 0 Å². The second-order valence-electron chi connectivity index (χ2n) is 15.4. The maximum absolute atomic E-state index is 12.8. The summed E-state index contributed by atoms with van der Waals surface area (Å²) in [5.74, 6) is -0.185. The summed E-state index contributed by atoms with van der Waals surface area (Å²) in [6, 6.07) is -0.844. The summed E-state index contributed by atoms with van der Waals surface area (Å²) in [7, 11) is 1.56. The van der Waals surface area contributed by atoms with Crippen LogP contribution in [0.4, 0.5) is 0 Å². The van der Waals surface area contributed by atoms with Crippen LogP contribution in [-0.2, 0) is 18.4 Å². The van der Waals surface area contributed by atoms with Crippen LogP contribution >= 0.6 is 7.82 Å². The van der Waals surface area contributed by atoms with E-state index in [4.69, 9.17) is 9.05 Å². The van der Waals surface area contributed by atoms with Crippen LogP contribution in [-0.4, -0.2) is 73.4 Å². The zero-order valence-corrected chi connectivity index (χ0v) is 34.7. The van der Waals surface area contributed by atoms with Crippen LogP contribution in [0.25, 0.3) is 0 Å². The summed E-state index contributed by atoms with van der Waals surface area (Å²) in [4.78, 5) is 23.0. The lowest BCUT2D eigenvalue weighted by Gasteiger charge is -2.25. The molecule has 9 heteroatoms. The minimum absolute atomic E-state index is 0.0603. The van der Waals surface area contributed by atoms with Gasteiger partial charge in [0.2, 0.25) is 5.91 Å². The van der Waals surface area contributed by atoms with Gasteiger partial charge in [-0.05, 0) is 44.9 Å². The minimum atomic E-state index is -4.33. The smallest absolute Gasteiger partial charge is 0.387 e. The topological polar surface area (TPSA) is 105 Å². The molecule has 0 aromatic carbocycles. The fraction of sp³-hybridized carbons (Fsp3) is 0.833. The molecule has 300 valence electrons. The Morgan fingerprint density at radius 3 is 1.61 bits per heavy atom. The number of carbonyl (C=O) groups excluding carboxylic acids is 1. The fourth-order valence-corrected chi connectivity index (χ4v) is 6.47. The third kappa shape index (κ3) is 36.9. The largest absolute Gasteiger partial charge is 0.472 e. The van der Waals surface area contributed by atoms with E-state index in [-0.39, 0.29) is 19.1 Å². The Bertz CT molecular complexity index is 933. The zero-order valence-electron chi connectivity index (χ0n) is 33.8. The number of nitrogens with one attached hydrogen (secondary N) is 1. The number of hydrogen-bond donors (Lipinski definition) is 3. The van der Waals surface area contributed by atoms with Crippen molar-refractivity contribution in [2.24, 2.45) is 0 Å². The molecule has 0 aromatic heterocycles. The van der Waals surface area contributed by atoms with Crippen LogP contribution < -0.4 is 5.32 Å². The molecule has 0 saturated heterocycles. The number of phosphoric ester groups is 1. The minimum Gasteiger partial charge on any atom is -0.387 e. The molecule has 3 atom stereocenters. The summed E-state index contributed by atoms with van der Waals surface area (Å²) < 4.78 is 23.5. The van der Waals surface area contributed by atoms with Crippen molar-refractivity contribution >= 4 is 13.7 Å². The van der Waals surface area contributed by atoms with Crippen LogP contribution in [0.3, 0.4) is 0 Å². The molecule has 51 heavy (non-hydrogen) atoms. The number of rotatable bonds is 37. The van der Waals surface area contributed by atoms with E-state index in [1.54, 1.807) is 6.08 Å². The van der Waals surface area contributed by atoms with Gasteiger partial charge in [0.1, 0.15) is 13.2 Å². The average Bonchev–Trinajstić information content (AvgIpc) is 3.07. The van der Waals surface area contributed by atoms with Gasteiger partial charge in [-0.25, -0.2) is 4.57 Å². The highest BCUT2D eigenvalue weighted by atomic mass is 31.2. The van der Waals surface area contributed by atoms with Crippen molar-refractivity contribution in [2.45, 2.75) is 187 Å². The highest BCUT2D eigenvalue weighted by Crippen LogP contribution is 2.43. The van der Waals surface area contributed by atoms with Gasteiger partial charge in [-0.1, -0.05) is 159 Å². The van der Waals surface area contributed by atoms with Gasteiger partial charge in [0.05, 0.1) is 39.9 Å². The number of allylic oxidation sites excluding steroid dienone is 5. The van der Waals surface area contributed by atoms with Crippen molar-refractivity contribution < 1.29 is 32.9 Å². The van der Waals surface area contributed by atoms with Crippen LogP contribution in [0.15, 0.2) is 36.5 Å². The molecule has 0 bridgehead atoms. The summed E-state index contributed by atoms with van der Waals surface area (Å²) >= 11 is 0. The van der Waals surface area contributed by atoms with Crippen molar-refractivity contribution in [2.75, 3.05) is 40.9 Å². The molecule has 0 rings (SSSR count). The van der Waals surface area contributed by atoms with Crippen molar-refractivity contribution in [3.63, 3.8) is 0 Å². The predicted molar refractivity (Wildman–Crippen MR) is 217 cm³/mol. The second kappa shape index (κ2) is 34.5. The van der Waals surface area contributed by atoms with Gasteiger partial charge in [0, 0.05) is 6.42 Å². The summed E-state index contributed by atoms with van der Waals surface area (Å²) in [6.07, 6.45) is 40.6. The SMILES string of the molecule is CCCCC/C=C\C=C/CCCCCCCCCCCCC(=O)NC(COP(=O)(O)OCC[N+](C)(C)C)C(O)/C=C/CCCCCCCCCC. The molecule has 3 N–H and O–H groups in total. The van der Waals surface area contributed by atoms with Gasteiger partial charge >= 0.3 is 7.82 Å². The van der Waals surface area contributed by atoms with Crippen LogP contribution in [0.1, 0.15) is 174 Å². The first-order valence-corrected chi connectivity index (χ1v) is 22.4. The zero-order chi connectivity index (χ0) is 37.9. The maximum atomic E-state index is 12.8. The van der Waals surface area contributed by atoms with E-state index in [2.05, 4.69) is 43.5 Å². The standard InChI is InChI=1S/C42H81N2O6P/c1-6-8-10-12-14-16-18-19-20-21-22-23-24-25-26-28-30-32-34-36-42(46)43-40(39-50-51(47,48)49-38-37-44(3,4)5)41(45)35-33-31-29-27-17-15-13-11-9-7-2/h14,16,18-19,33,35,40-41,45H,6-13,15,17,20-32,34,36-39H2,1-5H3,(H-,43,46,47,48)/p+1/b16-14-,19-18-,35-33+. The highest BCUT2D eigenvalue weighted by molar-refractivity contribution is 7.47. The van der Waals surface area contributed by atoms with Gasteiger partial charge in [-0.15, -0.1) is 0 Å². The van der Waals surface area contributed by atoms with Gasteiger partial charge in [-0.3, -0.25) is 13.8 Å². The van der Waals surface area contributed by atoms with Gasteiger partial charge in [-0.2, -0.15) is 0 Å². The second-order valence-corrected chi connectivity index (χ2v) is 16.8. The lowest BCUT2D eigenvalue weighted by Crippen LogP contribution is -2.45. The molecule has 8 nitrogen and oxygen atoms in total. The van der Waals surface area contributed by atoms with E-state index in [9.17, 15) is 19.4 Å². The van der Waals surface area contributed by atoms with Crippen LogP contribution in [0.2, 0.25) is 0 Å². The molecule has 0 aromatic rings. The van der Waals surface area contributed by atoms with Crippen molar-refractivity contribution in [3.8, 4) is 0 Å². The van der Waals surface area contributed by atoms with Gasteiger partial charge in [0.15, 0.2) is 0 Å². The number of aliphatic hydroxyl groups excluding tert-OH is 1. The fourth-order valence-electron chi connectivity index (χ4n) is 5.74. The Morgan fingerprint density at radius 1 is 0.667 bits per heavy atom. The highest BCUT2D eigenvalue weighted by Gasteiger charge is 2.27.